The Morgan fingerprint density at radius 2 is 2.00 bits per heavy atom. The minimum Gasteiger partial charge on any atom is -0.303 e. The van der Waals surface area contributed by atoms with Crippen LogP contribution in [0.25, 0.3) is 10.4 Å². The Kier molecular flexibility index (Phi) is 3.27. The molecule has 0 aromatic carbocycles. The molecule has 4 heteroatoms. The summed E-state index contributed by atoms with van der Waals surface area (Å²) >= 11 is 0. The van der Waals surface area contributed by atoms with Gasteiger partial charge in [0.15, 0.2) is 0 Å². The lowest BCUT2D eigenvalue weighted by Gasteiger charge is -2.41. The Balaban J connectivity index is 1.80. The minimum atomic E-state index is 0.635. The van der Waals surface area contributed by atoms with Gasteiger partial charge in [0.25, 0.3) is 0 Å². The van der Waals surface area contributed by atoms with Crippen LogP contribution in [0.1, 0.15) is 25.7 Å². The number of hydrogen-bond donors (Lipinski definition) is 0. The van der Waals surface area contributed by atoms with E-state index in [4.69, 9.17) is 5.53 Å². The van der Waals surface area contributed by atoms with Crippen LogP contribution in [0.15, 0.2) is 5.11 Å². The van der Waals surface area contributed by atoms with Gasteiger partial charge < -0.3 is 4.90 Å². The number of rotatable bonds is 3. The van der Waals surface area contributed by atoms with Crippen LogP contribution in [0.5, 0.6) is 0 Å². The molecule has 2 fully saturated rings. The van der Waals surface area contributed by atoms with Crippen molar-refractivity contribution in [1.82, 2.24) is 4.90 Å². The van der Waals surface area contributed by atoms with Gasteiger partial charge in [-0.1, -0.05) is 11.5 Å². The van der Waals surface area contributed by atoms with Crippen LogP contribution in [0, 0.1) is 11.8 Å². The van der Waals surface area contributed by atoms with Gasteiger partial charge in [-0.05, 0) is 36.6 Å². The molecule has 1 saturated carbocycles. The largest absolute Gasteiger partial charge is 0.303 e. The molecule has 2 rings (SSSR count). The summed E-state index contributed by atoms with van der Waals surface area (Å²) in [4.78, 5) is 5.27. The summed E-state index contributed by atoms with van der Waals surface area (Å²) in [7, 11) is 0. The fourth-order valence-electron chi connectivity index (χ4n) is 2.95. The first kappa shape index (κ1) is 9.81. The van der Waals surface area contributed by atoms with E-state index in [1.807, 2.05) is 0 Å². The Bertz CT molecular complexity index is 222. The number of fused-ring (bicyclic) bond motifs is 2. The van der Waals surface area contributed by atoms with Crippen molar-refractivity contribution in [2.45, 2.75) is 25.7 Å². The molecule has 1 heterocycles. The van der Waals surface area contributed by atoms with E-state index in [9.17, 15) is 0 Å². The van der Waals surface area contributed by atoms with Crippen LogP contribution in [0.4, 0.5) is 0 Å². The second-order valence-corrected chi connectivity index (χ2v) is 4.61. The monoisotopic (exact) mass is 194 g/mol. The van der Waals surface area contributed by atoms with E-state index in [0.29, 0.717) is 6.54 Å². The highest BCUT2D eigenvalue weighted by molar-refractivity contribution is 4.83. The van der Waals surface area contributed by atoms with Gasteiger partial charge in [-0.15, -0.1) is 0 Å². The summed E-state index contributed by atoms with van der Waals surface area (Å²) in [5.41, 5.74) is 8.20. The molecule has 2 atom stereocenters. The first-order valence-electron chi connectivity index (χ1n) is 5.61. The number of likely N-dealkylation sites (tertiary alicyclic amines) is 1. The third kappa shape index (κ3) is 2.40. The molecule has 4 nitrogen and oxygen atoms in total. The van der Waals surface area contributed by atoms with Crippen LogP contribution in [-0.2, 0) is 0 Å². The highest BCUT2D eigenvalue weighted by Crippen LogP contribution is 2.33. The normalized spacial score (nSPS) is 32.3. The molecule has 78 valence electrons. The maximum Gasteiger partial charge on any atom is 0.0385 e. The van der Waals surface area contributed by atoms with Gasteiger partial charge in [-0.3, -0.25) is 0 Å². The summed E-state index contributed by atoms with van der Waals surface area (Å²) < 4.78 is 0. The first-order chi connectivity index (χ1) is 6.88. The van der Waals surface area contributed by atoms with Gasteiger partial charge in [0.05, 0.1) is 0 Å². The molecule has 0 spiro atoms. The van der Waals surface area contributed by atoms with Gasteiger partial charge in [-0.2, -0.15) is 0 Å². The zero-order valence-corrected chi connectivity index (χ0v) is 8.60. The summed E-state index contributed by atoms with van der Waals surface area (Å²) in [6.45, 7) is 4.06. The van der Waals surface area contributed by atoms with E-state index in [1.54, 1.807) is 0 Å². The smallest absolute Gasteiger partial charge is 0.0385 e. The van der Waals surface area contributed by atoms with Crippen molar-refractivity contribution in [3.63, 3.8) is 0 Å². The summed E-state index contributed by atoms with van der Waals surface area (Å²) in [5, 5.41) is 3.60. The van der Waals surface area contributed by atoms with E-state index in [1.165, 1.54) is 38.8 Å². The van der Waals surface area contributed by atoms with Crippen LogP contribution in [0.3, 0.4) is 0 Å². The van der Waals surface area contributed by atoms with Crippen molar-refractivity contribution in [2.24, 2.45) is 17.0 Å². The molecular weight excluding hydrogens is 176 g/mol. The third-order valence-corrected chi connectivity index (χ3v) is 3.50. The molecule has 0 radical (unpaired) electrons. The number of azide groups is 1. The average Bonchev–Trinajstić information content (AvgIpc) is 2.18. The molecular formula is C10H18N4. The first-order valence-corrected chi connectivity index (χ1v) is 5.61. The van der Waals surface area contributed by atoms with Crippen molar-refractivity contribution in [2.75, 3.05) is 26.2 Å². The second-order valence-electron chi connectivity index (χ2n) is 4.61. The predicted octanol–water partition coefficient (Wildman–Crippen LogP) is 2.42. The molecule has 0 amide bonds. The van der Waals surface area contributed by atoms with Crippen molar-refractivity contribution in [1.29, 1.82) is 0 Å². The van der Waals surface area contributed by atoms with Crippen molar-refractivity contribution in [3.05, 3.63) is 10.4 Å². The highest BCUT2D eigenvalue weighted by atomic mass is 15.2. The van der Waals surface area contributed by atoms with Gasteiger partial charge >= 0.3 is 0 Å². The molecule has 2 unspecified atom stereocenters. The molecule has 0 aromatic rings. The SMILES string of the molecule is [N-]=[N+]=NCCN1CC2CCCC(C2)C1. The summed E-state index contributed by atoms with van der Waals surface area (Å²) in [6.07, 6.45) is 5.70. The molecule has 1 saturated heterocycles. The van der Waals surface area contributed by atoms with Gasteiger partial charge in [0.1, 0.15) is 0 Å². The van der Waals surface area contributed by atoms with Crippen molar-refractivity contribution in [3.8, 4) is 0 Å². The Labute approximate surface area is 84.9 Å². The van der Waals surface area contributed by atoms with Crippen molar-refractivity contribution >= 4 is 0 Å². The molecule has 1 aliphatic carbocycles. The minimum absolute atomic E-state index is 0.635. The predicted molar refractivity (Wildman–Crippen MR) is 55.9 cm³/mol. The molecule has 14 heavy (non-hydrogen) atoms. The van der Waals surface area contributed by atoms with E-state index >= 15 is 0 Å². The zero-order chi connectivity index (χ0) is 9.80. The van der Waals surface area contributed by atoms with Crippen LogP contribution >= 0.6 is 0 Å². The van der Waals surface area contributed by atoms with E-state index in [0.717, 1.165) is 18.4 Å². The Morgan fingerprint density at radius 3 is 2.64 bits per heavy atom. The van der Waals surface area contributed by atoms with E-state index in [2.05, 4.69) is 14.9 Å². The Morgan fingerprint density at radius 1 is 1.29 bits per heavy atom. The third-order valence-electron chi connectivity index (χ3n) is 3.50. The van der Waals surface area contributed by atoms with Crippen LogP contribution < -0.4 is 0 Å². The average molecular weight is 194 g/mol. The van der Waals surface area contributed by atoms with Gasteiger partial charge in [-0.25, -0.2) is 0 Å². The lowest BCUT2D eigenvalue weighted by Crippen LogP contribution is -2.43. The molecule has 2 bridgehead atoms. The fraction of sp³-hybridized carbons (Fsp3) is 1.00. The topological polar surface area (TPSA) is 52.0 Å². The number of nitrogens with zero attached hydrogens (tertiary/aromatic N) is 4. The number of hydrogen-bond acceptors (Lipinski definition) is 2. The van der Waals surface area contributed by atoms with Crippen LogP contribution in [0.2, 0.25) is 0 Å². The summed E-state index contributed by atoms with van der Waals surface area (Å²) in [6, 6.07) is 0. The second kappa shape index (κ2) is 4.67. The zero-order valence-electron chi connectivity index (χ0n) is 8.60. The highest BCUT2D eigenvalue weighted by Gasteiger charge is 2.29. The maximum absolute atomic E-state index is 8.20. The maximum atomic E-state index is 8.20. The molecule has 1 aliphatic heterocycles. The summed E-state index contributed by atoms with van der Waals surface area (Å²) in [5.74, 6) is 1.85. The Hall–Kier alpha value is -0.730. The van der Waals surface area contributed by atoms with Gasteiger partial charge in [0, 0.05) is 31.1 Å². The molecule has 0 aromatic heterocycles. The lowest BCUT2D eigenvalue weighted by molar-refractivity contribution is 0.0888. The van der Waals surface area contributed by atoms with Crippen LogP contribution in [-0.4, -0.2) is 31.1 Å². The van der Waals surface area contributed by atoms with Gasteiger partial charge in [0.2, 0.25) is 0 Å². The quantitative estimate of drug-likeness (QED) is 0.386. The standard InChI is InChI=1S/C10H18N4/c11-13-12-4-5-14-7-9-2-1-3-10(6-9)8-14/h9-10H,1-8H2. The molecule has 0 N–H and O–H groups in total. The van der Waals surface area contributed by atoms with Crippen molar-refractivity contribution < 1.29 is 0 Å². The van der Waals surface area contributed by atoms with E-state index < -0.39 is 0 Å². The van der Waals surface area contributed by atoms with E-state index in [-0.39, 0.29) is 0 Å². The number of piperidine rings is 1. The lowest BCUT2D eigenvalue weighted by atomic mass is 9.78. The molecule has 2 aliphatic rings. The fourth-order valence-corrected chi connectivity index (χ4v) is 2.95.